The van der Waals surface area contributed by atoms with Gasteiger partial charge in [0.05, 0.1) is 19.4 Å². The third-order valence-electron chi connectivity index (χ3n) is 3.60. The highest BCUT2D eigenvalue weighted by atomic mass is 16.5. The molecule has 3 rings (SSSR count). The van der Waals surface area contributed by atoms with Crippen molar-refractivity contribution in [3.63, 3.8) is 0 Å². The van der Waals surface area contributed by atoms with Gasteiger partial charge in [-0.1, -0.05) is 36.4 Å². The molecule has 24 heavy (non-hydrogen) atoms. The Bertz CT molecular complexity index is 767. The molecular weight excluding hydrogens is 302 g/mol. The second-order valence-electron chi connectivity index (χ2n) is 5.37. The number of hydrogen-bond donors (Lipinski definition) is 1. The lowest BCUT2D eigenvalue weighted by atomic mass is 10.2. The van der Waals surface area contributed by atoms with Gasteiger partial charge in [-0.05, 0) is 35.9 Å². The highest BCUT2D eigenvalue weighted by Gasteiger charge is 2.07. The standard InChI is InChI=1S/C20H19NO3/c22-20(21-15-19-10-5-12-23-19)17-8-4-9-18(14-17)24-13-11-16-6-2-1-3-7-16/h1-10,12,14H,11,13,15H2,(H,21,22). The highest BCUT2D eigenvalue weighted by Crippen LogP contribution is 2.14. The zero-order chi connectivity index (χ0) is 16.6. The van der Waals surface area contributed by atoms with E-state index in [9.17, 15) is 4.79 Å². The van der Waals surface area contributed by atoms with Crippen LogP contribution in [0.4, 0.5) is 0 Å². The summed E-state index contributed by atoms with van der Waals surface area (Å²) >= 11 is 0. The maximum absolute atomic E-state index is 12.2. The lowest BCUT2D eigenvalue weighted by Gasteiger charge is -2.08. The van der Waals surface area contributed by atoms with E-state index in [0.717, 1.165) is 12.2 Å². The third kappa shape index (κ3) is 4.49. The van der Waals surface area contributed by atoms with Crippen molar-refractivity contribution in [2.24, 2.45) is 0 Å². The molecule has 2 aromatic carbocycles. The van der Waals surface area contributed by atoms with Gasteiger partial charge in [0.15, 0.2) is 0 Å². The largest absolute Gasteiger partial charge is 0.493 e. The van der Waals surface area contributed by atoms with E-state index in [1.807, 2.05) is 36.4 Å². The number of carbonyl (C=O) groups excluding carboxylic acids is 1. The topological polar surface area (TPSA) is 51.5 Å². The zero-order valence-electron chi connectivity index (χ0n) is 13.3. The van der Waals surface area contributed by atoms with Crippen molar-refractivity contribution in [1.82, 2.24) is 5.32 Å². The van der Waals surface area contributed by atoms with Gasteiger partial charge in [-0.2, -0.15) is 0 Å². The maximum atomic E-state index is 12.2. The second kappa shape index (κ2) is 8.02. The molecule has 0 spiro atoms. The van der Waals surface area contributed by atoms with Crippen molar-refractivity contribution in [2.75, 3.05) is 6.61 Å². The summed E-state index contributed by atoms with van der Waals surface area (Å²) in [5.74, 6) is 1.26. The van der Waals surface area contributed by atoms with E-state index in [0.29, 0.717) is 24.5 Å². The first-order chi connectivity index (χ1) is 11.8. The van der Waals surface area contributed by atoms with Gasteiger partial charge in [-0.25, -0.2) is 0 Å². The number of rotatable bonds is 7. The first kappa shape index (κ1) is 15.9. The Labute approximate surface area is 141 Å². The normalized spacial score (nSPS) is 10.3. The van der Waals surface area contributed by atoms with Crippen LogP contribution in [0.15, 0.2) is 77.4 Å². The van der Waals surface area contributed by atoms with Crippen LogP contribution >= 0.6 is 0 Å². The van der Waals surface area contributed by atoms with Gasteiger partial charge in [-0.15, -0.1) is 0 Å². The zero-order valence-corrected chi connectivity index (χ0v) is 13.3. The Morgan fingerprint density at radius 2 is 1.88 bits per heavy atom. The number of carbonyl (C=O) groups is 1. The molecule has 4 nitrogen and oxygen atoms in total. The van der Waals surface area contributed by atoms with Crippen LogP contribution in [0.2, 0.25) is 0 Å². The van der Waals surface area contributed by atoms with E-state index >= 15 is 0 Å². The van der Waals surface area contributed by atoms with Crippen LogP contribution in [0.5, 0.6) is 5.75 Å². The Morgan fingerprint density at radius 3 is 2.67 bits per heavy atom. The number of ether oxygens (including phenoxy) is 1. The Morgan fingerprint density at radius 1 is 1.00 bits per heavy atom. The first-order valence-corrected chi connectivity index (χ1v) is 7.88. The van der Waals surface area contributed by atoms with Crippen LogP contribution in [0.25, 0.3) is 0 Å². The number of benzene rings is 2. The molecule has 1 aromatic heterocycles. The summed E-state index contributed by atoms with van der Waals surface area (Å²) in [6.45, 7) is 0.937. The summed E-state index contributed by atoms with van der Waals surface area (Å²) in [5.41, 5.74) is 1.80. The predicted octanol–water partition coefficient (Wildman–Crippen LogP) is 3.83. The molecule has 0 unspecified atom stereocenters. The van der Waals surface area contributed by atoms with Gasteiger partial charge in [0.25, 0.3) is 5.91 Å². The molecule has 0 aliphatic heterocycles. The van der Waals surface area contributed by atoms with E-state index in [1.165, 1.54) is 5.56 Å². The van der Waals surface area contributed by atoms with Crippen molar-refractivity contribution in [3.05, 3.63) is 89.9 Å². The summed E-state index contributed by atoms with van der Waals surface area (Å²) in [7, 11) is 0. The van der Waals surface area contributed by atoms with Gasteiger partial charge >= 0.3 is 0 Å². The minimum atomic E-state index is -0.153. The average molecular weight is 321 g/mol. The smallest absolute Gasteiger partial charge is 0.251 e. The number of hydrogen-bond acceptors (Lipinski definition) is 3. The molecule has 0 aliphatic carbocycles. The van der Waals surface area contributed by atoms with Crippen LogP contribution in [-0.2, 0) is 13.0 Å². The van der Waals surface area contributed by atoms with Crippen molar-refractivity contribution < 1.29 is 13.9 Å². The molecule has 0 atom stereocenters. The monoisotopic (exact) mass is 321 g/mol. The van der Waals surface area contributed by atoms with Crippen molar-refractivity contribution >= 4 is 5.91 Å². The Balaban J connectivity index is 1.52. The molecule has 122 valence electrons. The summed E-state index contributed by atoms with van der Waals surface area (Å²) in [6, 6.07) is 21.0. The number of furan rings is 1. The fourth-order valence-electron chi connectivity index (χ4n) is 2.34. The molecule has 3 aromatic rings. The molecule has 0 fully saturated rings. The summed E-state index contributed by atoms with van der Waals surface area (Å²) in [4.78, 5) is 12.2. The fraction of sp³-hybridized carbons (Fsp3) is 0.150. The molecule has 1 heterocycles. The van der Waals surface area contributed by atoms with Crippen LogP contribution < -0.4 is 10.1 Å². The van der Waals surface area contributed by atoms with Gasteiger partial charge in [0.2, 0.25) is 0 Å². The van der Waals surface area contributed by atoms with Crippen molar-refractivity contribution in [3.8, 4) is 5.75 Å². The molecule has 0 saturated heterocycles. The minimum absolute atomic E-state index is 0.153. The van der Waals surface area contributed by atoms with Gasteiger partial charge in [0, 0.05) is 12.0 Å². The quantitative estimate of drug-likeness (QED) is 0.719. The Kier molecular flexibility index (Phi) is 5.30. The summed E-state index contributed by atoms with van der Waals surface area (Å²) < 4.78 is 11.0. The molecule has 0 saturated carbocycles. The van der Waals surface area contributed by atoms with Gasteiger partial charge < -0.3 is 14.5 Å². The van der Waals surface area contributed by atoms with Gasteiger partial charge in [0.1, 0.15) is 11.5 Å². The van der Waals surface area contributed by atoms with Crippen LogP contribution in [-0.4, -0.2) is 12.5 Å². The third-order valence-corrected chi connectivity index (χ3v) is 3.60. The van der Waals surface area contributed by atoms with Crippen molar-refractivity contribution in [2.45, 2.75) is 13.0 Å². The van der Waals surface area contributed by atoms with E-state index < -0.39 is 0 Å². The first-order valence-electron chi connectivity index (χ1n) is 7.88. The van der Waals surface area contributed by atoms with Crippen molar-refractivity contribution in [1.29, 1.82) is 0 Å². The van der Waals surface area contributed by atoms with E-state index in [2.05, 4.69) is 17.4 Å². The lowest BCUT2D eigenvalue weighted by molar-refractivity contribution is 0.0947. The van der Waals surface area contributed by atoms with E-state index in [1.54, 1.807) is 24.5 Å². The Hall–Kier alpha value is -3.01. The molecule has 0 bridgehead atoms. The number of amides is 1. The molecule has 0 aliphatic rings. The summed E-state index contributed by atoms with van der Waals surface area (Å²) in [6.07, 6.45) is 2.42. The molecule has 0 radical (unpaired) electrons. The predicted molar refractivity (Wildman–Crippen MR) is 92.0 cm³/mol. The molecular formula is C20H19NO3. The minimum Gasteiger partial charge on any atom is -0.493 e. The molecule has 1 N–H and O–H groups in total. The molecule has 4 heteroatoms. The van der Waals surface area contributed by atoms with Crippen LogP contribution in [0.1, 0.15) is 21.7 Å². The lowest BCUT2D eigenvalue weighted by Crippen LogP contribution is -2.22. The highest BCUT2D eigenvalue weighted by molar-refractivity contribution is 5.94. The average Bonchev–Trinajstić information content (AvgIpc) is 3.14. The fourth-order valence-corrected chi connectivity index (χ4v) is 2.34. The van der Waals surface area contributed by atoms with Crippen LogP contribution in [0, 0.1) is 0 Å². The van der Waals surface area contributed by atoms with Gasteiger partial charge in [-0.3, -0.25) is 4.79 Å². The SMILES string of the molecule is O=C(NCc1ccco1)c1cccc(OCCc2ccccc2)c1. The summed E-state index contributed by atoms with van der Waals surface area (Å²) in [5, 5.41) is 2.82. The molecule has 1 amide bonds. The second-order valence-corrected chi connectivity index (χ2v) is 5.37. The van der Waals surface area contributed by atoms with E-state index in [-0.39, 0.29) is 5.91 Å². The van der Waals surface area contributed by atoms with Crippen LogP contribution in [0.3, 0.4) is 0 Å². The maximum Gasteiger partial charge on any atom is 0.251 e. The van der Waals surface area contributed by atoms with E-state index in [4.69, 9.17) is 9.15 Å². The number of nitrogens with one attached hydrogen (secondary N) is 1.